The number of aromatic hydroxyl groups is 1. The molecule has 0 saturated heterocycles. The number of phenols is 1. The van der Waals surface area contributed by atoms with Gasteiger partial charge in [-0.05, 0) is 79.7 Å². The van der Waals surface area contributed by atoms with Gasteiger partial charge in [-0.15, -0.1) is 0 Å². The molecule has 0 bridgehead atoms. The molecule has 0 unspecified atom stereocenters. The van der Waals surface area contributed by atoms with Gasteiger partial charge in [0, 0.05) is 11.3 Å². The summed E-state index contributed by atoms with van der Waals surface area (Å²) < 4.78 is 11.0. The van der Waals surface area contributed by atoms with E-state index in [-0.39, 0.29) is 16.8 Å². The second-order valence-corrected chi connectivity index (χ2v) is 8.25. The number of thiocarbonyl (C=S) groups is 1. The van der Waals surface area contributed by atoms with Gasteiger partial charge in [0.15, 0.2) is 10.7 Å². The molecule has 0 atom stereocenters. The van der Waals surface area contributed by atoms with E-state index in [9.17, 15) is 9.90 Å². The van der Waals surface area contributed by atoms with Crippen LogP contribution in [0.2, 0.25) is 5.02 Å². The van der Waals surface area contributed by atoms with Crippen molar-refractivity contribution in [3.05, 3.63) is 70.2 Å². The maximum Gasteiger partial charge on any atom is 0.257 e. The third-order valence-electron chi connectivity index (χ3n) is 4.95. The largest absolute Gasteiger partial charge is 0.507 e. The number of rotatable bonds is 4. The van der Waals surface area contributed by atoms with Crippen LogP contribution in [0.15, 0.2) is 52.9 Å². The number of phenolic OH excluding ortho intramolecular Hbond substituents is 1. The highest BCUT2D eigenvalue weighted by Gasteiger charge is 2.16. The summed E-state index contributed by atoms with van der Waals surface area (Å²) in [5, 5.41) is 16.3. The van der Waals surface area contributed by atoms with Crippen LogP contribution >= 0.6 is 23.8 Å². The Hall–Kier alpha value is -3.62. The smallest absolute Gasteiger partial charge is 0.257 e. The molecule has 4 aromatic rings. The standard InChI is InChI=1S/C24H20ClN3O4S/c1-12-8-13(2)21-18(9-12)27-23(32-21)16-11-15(5-6-19(16)29)26-24(33)28-22(30)14-4-7-20(31-3)17(25)10-14/h4-11,29H,1-3H3,(H2,26,28,30,33). The Bertz CT molecular complexity index is 1400. The molecule has 0 aliphatic rings. The van der Waals surface area contributed by atoms with E-state index < -0.39 is 5.91 Å². The van der Waals surface area contributed by atoms with E-state index in [2.05, 4.69) is 15.6 Å². The average Bonchev–Trinajstić information content (AvgIpc) is 3.19. The van der Waals surface area contributed by atoms with Gasteiger partial charge in [-0.25, -0.2) is 4.98 Å². The number of fused-ring (bicyclic) bond motifs is 1. The van der Waals surface area contributed by atoms with Crippen LogP contribution in [0.3, 0.4) is 0 Å². The summed E-state index contributed by atoms with van der Waals surface area (Å²) in [6, 6.07) is 13.4. The van der Waals surface area contributed by atoms with E-state index in [1.165, 1.54) is 19.2 Å². The van der Waals surface area contributed by atoms with Crippen LogP contribution in [-0.2, 0) is 0 Å². The Morgan fingerprint density at radius 1 is 1.15 bits per heavy atom. The molecule has 1 aromatic heterocycles. The van der Waals surface area contributed by atoms with Crippen molar-refractivity contribution in [2.75, 3.05) is 12.4 Å². The molecule has 0 aliphatic carbocycles. The molecule has 1 heterocycles. The van der Waals surface area contributed by atoms with Crippen LogP contribution < -0.4 is 15.4 Å². The number of carbonyl (C=O) groups excluding carboxylic acids is 1. The van der Waals surface area contributed by atoms with Crippen molar-refractivity contribution in [3.8, 4) is 23.0 Å². The maximum atomic E-state index is 12.5. The Labute approximate surface area is 200 Å². The van der Waals surface area contributed by atoms with Crippen molar-refractivity contribution in [1.29, 1.82) is 0 Å². The number of benzene rings is 3. The highest BCUT2D eigenvalue weighted by Crippen LogP contribution is 2.34. The molecule has 0 saturated carbocycles. The predicted molar refractivity (Wildman–Crippen MR) is 132 cm³/mol. The monoisotopic (exact) mass is 481 g/mol. The van der Waals surface area contributed by atoms with Crippen LogP contribution in [0.25, 0.3) is 22.6 Å². The first kappa shape index (κ1) is 22.6. The lowest BCUT2D eigenvalue weighted by atomic mass is 10.1. The molecule has 4 rings (SSSR count). The number of ether oxygens (including phenoxy) is 1. The average molecular weight is 482 g/mol. The second kappa shape index (κ2) is 9.09. The number of nitrogens with zero attached hydrogens (tertiary/aromatic N) is 1. The zero-order valence-electron chi connectivity index (χ0n) is 18.0. The Morgan fingerprint density at radius 2 is 1.94 bits per heavy atom. The van der Waals surface area contributed by atoms with Crippen LogP contribution in [0.1, 0.15) is 21.5 Å². The fourth-order valence-corrected chi connectivity index (χ4v) is 3.89. The van der Waals surface area contributed by atoms with E-state index in [4.69, 9.17) is 33.0 Å². The second-order valence-electron chi connectivity index (χ2n) is 7.44. The zero-order valence-corrected chi connectivity index (χ0v) is 19.6. The van der Waals surface area contributed by atoms with Gasteiger partial charge < -0.3 is 19.6 Å². The molecule has 7 nitrogen and oxygen atoms in total. The summed E-state index contributed by atoms with van der Waals surface area (Å²) in [7, 11) is 1.50. The molecule has 3 N–H and O–H groups in total. The number of hydrogen-bond acceptors (Lipinski definition) is 6. The lowest BCUT2D eigenvalue weighted by molar-refractivity contribution is 0.0977. The number of aryl methyl sites for hydroxylation is 2. The highest BCUT2D eigenvalue weighted by molar-refractivity contribution is 7.80. The van der Waals surface area contributed by atoms with Crippen LogP contribution in [0.4, 0.5) is 5.69 Å². The minimum atomic E-state index is -0.430. The number of anilines is 1. The third-order valence-corrected chi connectivity index (χ3v) is 5.45. The summed E-state index contributed by atoms with van der Waals surface area (Å²) in [6.07, 6.45) is 0. The van der Waals surface area contributed by atoms with Gasteiger partial charge in [-0.3, -0.25) is 10.1 Å². The molecular weight excluding hydrogens is 462 g/mol. The van der Waals surface area contributed by atoms with E-state index >= 15 is 0 Å². The summed E-state index contributed by atoms with van der Waals surface area (Å²) in [5.74, 6) is 0.322. The normalized spacial score (nSPS) is 10.8. The molecule has 1 amide bonds. The minimum Gasteiger partial charge on any atom is -0.507 e. The van der Waals surface area contributed by atoms with Crippen molar-refractivity contribution in [2.45, 2.75) is 13.8 Å². The fraction of sp³-hybridized carbons (Fsp3) is 0.125. The maximum absolute atomic E-state index is 12.5. The van der Waals surface area contributed by atoms with Gasteiger partial charge in [-0.2, -0.15) is 0 Å². The highest BCUT2D eigenvalue weighted by atomic mass is 35.5. The topological polar surface area (TPSA) is 96.6 Å². The first-order valence-corrected chi connectivity index (χ1v) is 10.7. The zero-order chi connectivity index (χ0) is 23.7. The van der Waals surface area contributed by atoms with Crippen molar-refractivity contribution in [1.82, 2.24) is 10.3 Å². The third kappa shape index (κ3) is 4.76. The van der Waals surface area contributed by atoms with E-state index in [0.29, 0.717) is 38.7 Å². The number of carbonyl (C=O) groups is 1. The summed E-state index contributed by atoms with van der Waals surface area (Å²) >= 11 is 11.4. The lowest BCUT2D eigenvalue weighted by Crippen LogP contribution is -2.34. The van der Waals surface area contributed by atoms with Gasteiger partial charge >= 0.3 is 0 Å². The van der Waals surface area contributed by atoms with Gasteiger partial charge in [-0.1, -0.05) is 17.7 Å². The van der Waals surface area contributed by atoms with Crippen molar-refractivity contribution >= 4 is 51.6 Å². The lowest BCUT2D eigenvalue weighted by Gasteiger charge is -2.11. The number of oxazole rings is 1. The molecule has 33 heavy (non-hydrogen) atoms. The number of amides is 1. The number of halogens is 1. The molecule has 0 aliphatic heterocycles. The quantitative estimate of drug-likeness (QED) is 0.257. The van der Waals surface area contributed by atoms with E-state index in [0.717, 1.165) is 11.1 Å². The molecule has 3 aromatic carbocycles. The first-order valence-electron chi connectivity index (χ1n) is 9.92. The SMILES string of the molecule is COc1ccc(C(=O)NC(=S)Nc2ccc(O)c(-c3nc4cc(C)cc(C)c4o3)c2)cc1Cl. The van der Waals surface area contributed by atoms with Gasteiger partial charge in [0.1, 0.15) is 17.0 Å². The Morgan fingerprint density at radius 3 is 2.67 bits per heavy atom. The summed E-state index contributed by atoms with van der Waals surface area (Å²) in [5.41, 5.74) is 4.66. The minimum absolute atomic E-state index is 0.00399. The Balaban J connectivity index is 1.53. The fourth-order valence-electron chi connectivity index (χ4n) is 3.42. The molecule has 0 spiro atoms. The molecule has 168 valence electrons. The number of methoxy groups -OCH3 is 1. The summed E-state index contributed by atoms with van der Waals surface area (Å²) in [4.78, 5) is 17.0. The van der Waals surface area contributed by atoms with Crippen LogP contribution in [0.5, 0.6) is 11.5 Å². The number of hydrogen-bond donors (Lipinski definition) is 3. The molecule has 0 fully saturated rings. The van der Waals surface area contributed by atoms with Crippen LogP contribution in [0, 0.1) is 13.8 Å². The Kier molecular flexibility index (Phi) is 6.22. The summed E-state index contributed by atoms with van der Waals surface area (Å²) in [6.45, 7) is 3.93. The number of aromatic nitrogens is 1. The van der Waals surface area contributed by atoms with Gasteiger partial charge in [0.2, 0.25) is 5.89 Å². The predicted octanol–water partition coefficient (Wildman–Crippen LogP) is 5.61. The van der Waals surface area contributed by atoms with E-state index in [1.54, 1.807) is 24.3 Å². The van der Waals surface area contributed by atoms with Crippen molar-refractivity contribution in [3.63, 3.8) is 0 Å². The van der Waals surface area contributed by atoms with Crippen molar-refractivity contribution < 1.29 is 19.1 Å². The molecule has 9 heteroatoms. The van der Waals surface area contributed by atoms with Crippen LogP contribution in [-0.4, -0.2) is 28.2 Å². The first-order chi connectivity index (χ1) is 15.7. The van der Waals surface area contributed by atoms with Gasteiger partial charge in [0.25, 0.3) is 5.91 Å². The van der Waals surface area contributed by atoms with E-state index in [1.807, 2.05) is 26.0 Å². The van der Waals surface area contributed by atoms with Gasteiger partial charge in [0.05, 0.1) is 17.7 Å². The molecule has 0 radical (unpaired) electrons. The molecular formula is C24H20ClN3O4S. The number of nitrogens with one attached hydrogen (secondary N) is 2. The van der Waals surface area contributed by atoms with Crippen molar-refractivity contribution in [2.24, 2.45) is 0 Å².